The van der Waals surface area contributed by atoms with Crippen molar-refractivity contribution in [2.45, 2.75) is 134 Å². The summed E-state index contributed by atoms with van der Waals surface area (Å²) < 4.78 is 77.1. The van der Waals surface area contributed by atoms with Crippen LogP contribution in [-0.2, 0) is 6.42 Å². The van der Waals surface area contributed by atoms with Crippen molar-refractivity contribution in [1.29, 1.82) is 0 Å². The number of phenolic OH excluding ortho intramolecular Hbond substituents is 1. The lowest BCUT2D eigenvalue weighted by Gasteiger charge is -2.51. The fourth-order valence-electron chi connectivity index (χ4n) is 8.47. The SMILES string of the molecule is CC12CCC3c4ccc(O)cc4CCC3C1CCC21CC1.CCCCCCCCCSCC(F)(F)C(F)(F)C(F)(F)P. The maximum absolute atomic E-state index is 13.1. The zero-order chi connectivity index (χ0) is 30.8. The minimum absolute atomic E-state index is 0.280. The molecule has 5 rings (SSSR count). The third kappa shape index (κ3) is 6.95. The molecule has 4 aliphatic carbocycles. The van der Waals surface area contributed by atoms with E-state index in [0.29, 0.717) is 38.6 Å². The molecule has 3 fully saturated rings. The van der Waals surface area contributed by atoms with Gasteiger partial charge in [-0.2, -0.15) is 38.1 Å². The number of thioether (sulfide) groups is 1. The van der Waals surface area contributed by atoms with E-state index in [2.05, 4.69) is 19.9 Å². The van der Waals surface area contributed by atoms with Crippen molar-refractivity contribution >= 4 is 21.0 Å². The third-order valence-corrected chi connectivity index (χ3v) is 12.7. The summed E-state index contributed by atoms with van der Waals surface area (Å²) in [6.07, 6.45) is 18.4. The quantitative estimate of drug-likeness (QED) is 0.140. The van der Waals surface area contributed by atoms with Crippen LogP contribution in [0, 0.1) is 22.7 Å². The molecule has 0 heterocycles. The topological polar surface area (TPSA) is 20.2 Å². The highest BCUT2D eigenvalue weighted by atomic mass is 32.2. The Balaban J connectivity index is 0.000000193. The minimum Gasteiger partial charge on any atom is -0.508 e. The number of aryl methyl sites for hydroxylation is 1. The second-order valence-electron chi connectivity index (χ2n) is 13.6. The number of aromatic hydroxyl groups is 1. The predicted molar refractivity (Wildman–Crippen MR) is 164 cm³/mol. The lowest BCUT2D eigenvalue weighted by atomic mass is 9.53. The molecule has 42 heavy (non-hydrogen) atoms. The summed E-state index contributed by atoms with van der Waals surface area (Å²) in [6.45, 7) is 4.74. The first kappa shape index (κ1) is 34.3. The molecule has 0 amide bonds. The molecule has 1 aromatic rings. The Hall–Kier alpha value is -0.620. The largest absolute Gasteiger partial charge is 0.508 e. The normalized spacial score (nSPS) is 28.0. The Morgan fingerprint density at radius 2 is 1.57 bits per heavy atom. The molecule has 1 nitrogen and oxygen atoms in total. The highest BCUT2D eigenvalue weighted by Crippen LogP contribution is 2.75. The van der Waals surface area contributed by atoms with E-state index in [9.17, 15) is 31.4 Å². The molecule has 0 aromatic heterocycles. The van der Waals surface area contributed by atoms with Crippen LogP contribution in [0.4, 0.5) is 26.3 Å². The van der Waals surface area contributed by atoms with Gasteiger partial charge in [0.15, 0.2) is 0 Å². The van der Waals surface area contributed by atoms with Gasteiger partial charge in [-0.25, -0.2) is 0 Å². The molecule has 5 unspecified atom stereocenters. The Kier molecular flexibility index (Phi) is 10.9. The number of fused-ring (bicyclic) bond motifs is 6. The van der Waals surface area contributed by atoms with Gasteiger partial charge in [-0.3, -0.25) is 0 Å². The molecule has 0 saturated heterocycles. The fraction of sp³-hybridized carbons (Fsp3) is 0.818. The van der Waals surface area contributed by atoms with E-state index in [0.717, 1.165) is 55.3 Å². The van der Waals surface area contributed by atoms with Crippen LogP contribution in [0.3, 0.4) is 0 Å². The standard InChI is InChI=1S/C20H26O.C13H23F6PS/c1-19-8-6-16-15-5-3-14(21)12-13(15)2-4-17(16)18(19)7-9-20(19)10-11-20;1-2-3-4-5-6-7-8-9-21-10-11(14,15)12(16,17)13(18,19)20/h3,5,12,16-18,21H,2,4,6-11H2,1H3;2-10,20H2,1H3. The van der Waals surface area contributed by atoms with E-state index in [4.69, 9.17) is 0 Å². The van der Waals surface area contributed by atoms with Crippen molar-refractivity contribution in [1.82, 2.24) is 0 Å². The Morgan fingerprint density at radius 1 is 0.905 bits per heavy atom. The number of benzene rings is 1. The summed E-state index contributed by atoms with van der Waals surface area (Å²) in [5.41, 5.74) is -0.390. The third-order valence-electron chi connectivity index (χ3n) is 11.2. The zero-order valence-electron chi connectivity index (χ0n) is 25.2. The molecular formula is C33H49F6OPS. The second kappa shape index (κ2) is 13.4. The average Bonchev–Trinajstić information content (AvgIpc) is 3.66. The summed E-state index contributed by atoms with van der Waals surface area (Å²) in [5.74, 6) is -7.96. The van der Waals surface area contributed by atoms with E-state index in [-0.39, 0.29) is 5.75 Å². The van der Waals surface area contributed by atoms with Gasteiger partial charge in [0.1, 0.15) is 5.75 Å². The lowest BCUT2D eigenvalue weighted by Crippen LogP contribution is -2.52. The summed E-state index contributed by atoms with van der Waals surface area (Å²) in [4.78, 5) is 0. The summed E-state index contributed by atoms with van der Waals surface area (Å²) >= 11 is 0.599. The van der Waals surface area contributed by atoms with Crippen LogP contribution in [0.5, 0.6) is 5.75 Å². The Morgan fingerprint density at radius 3 is 2.21 bits per heavy atom. The van der Waals surface area contributed by atoms with Gasteiger partial charge in [-0.1, -0.05) is 67.7 Å². The molecule has 1 spiro atoms. The molecule has 1 aromatic carbocycles. The maximum atomic E-state index is 13.1. The van der Waals surface area contributed by atoms with Crippen LogP contribution in [0.25, 0.3) is 0 Å². The van der Waals surface area contributed by atoms with Crippen LogP contribution >= 0.6 is 21.0 Å². The number of hydrogen-bond donors (Lipinski definition) is 1. The number of alkyl halides is 6. The predicted octanol–water partition coefficient (Wildman–Crippen LogP) is 11.2. The van der Waals surface area contributed by atoms with Crippen molar-refractivity contribution < 1.29 is 31.4 Å². The van der Waals surface area contributed by atoms with Gasteiger partial charge < -0.3 is 5.11 Å². The van der Waals surface area contributed by atoms with Crippen LogP contribution in [0.15, 0.2) is 18.2 Å². The fourth-order valence-corrected chi connectivity index (χ4v) is 9.67. The number of hydrogen-bond acceptors (Lipinski definition) is 2. The molecule has 0 radical (unpaired) electrons. The minimum atomic E-state index is -5.35. The Labute approximate surface area is 255 Å². The van der Waals surface area contributed by atoms with E-state index in [1.807, 2.05) is 12.1 Å². The van der Waals surface area contributed by atoms with Gasteiger partial charge in [-0.05, 0) is 115 Å². The van der Waals surface area contributed by atoms with E-state index < -0.39 is 23.3 Å². The van der Waals surface area contributed by atoms with Gasteiger partial charge in [0.05, 0.1) is 5.75 Å². The first-order valence-electron chi connectivity index (χ1n) is 16.0. The molecule has 3 saturated carbocycles. The first-order chi connectivity index (χ1) is 19.7. The first-order valence-corrected chi connectivity index (χ1v) is 17.7. The molecule has 0 aliphatic heterocycles. The van der Waals surface area contributed by atoms with Crippen molar-refractivity contribution in [3.8, 4) is 5.75 Å². The molecule has 5 atom stereocenters. The van der Waals surface area contributed by atoms with Crippen molar-refractivity contribution in [3.05, 3.63) is 29.3 Å². The summed E-state index contributed by atoms with van der Waals surface area (Å²) in [6, 6.07) is 6.16. The van der Waals surface area contributed by atoms with Crippen LogP contribution in [-0.4, -0.2) is 34.1 Å². The number of unbranched alkanes of at least 4 members (excludes halogenated alkanes) is 6. The van der Waals surface area contributed by atoms with Crippen molar-refractivity contribution in [3.63, 3.8) is 0 Å². The van der Waals surface area contributed by atoms with Crippen molar-refractivity contribution in [2.24, 2.45) is 22.7 Å². The molecule has 0 bridgehead atoms. The second-order valence-corrected chi connectivity index (χ2v) is 15.5. The summed E-state index contributed by atoms with van der Waals surface area (Å²) in [7, 11) is 0.491. The van der Waals surface area contributed by atoms with Crippen molar-refractivity contribution in [2.75, 3.05) is 11.5 Å². The molecule has 240 valence electrons. The van der Waals surface area contributed by atoms with E-state index in [1.165, 1.54) is 63.4 Å². The molecule has 4 aliphatic rings. The van der Waals surface area contributed by atoms with Crippen LogP contribution < -0.4 is 0 Å². The van der Waals surface area contributed by atoms with Gasteiger partial charge in [0.25, 0.3) is 0 Å². The Bertz CT molecular complexity index is 1040. The molecule has 1 N–H and O–H groups in total. The van der Waals surface area contributed by atoms with E-state index >= 15 is 0 Å². The number of halogens is 6. The highest BCUT2D eigenvalue weighted by Gasteiger charge is 2.69. The lowest BCUT2D eigenvalue weighted by molar-refractivity contribution is -0.267. The van der Waals surface area contributed by atoms with E-state index in [1.54, 1.807) is 5.56 Å². The van der Waals surface area contributed by atoms with Crippen LogP contribution in [0.1, 0.15) is 121 Å². The van der Waals surface area contributed by atoms with Crippen LogP contribution in [0.2, 0.25) is 0 Å². The molecular weight excluding hydrogens is 589 g/mol. The van der Waals surface area contributed by atoms with Gasteiger partial charge in [0, 0.05) is 0 Å². The average molecular weight is 639 g/mol. The maximum Gasteiger partial charge on any atom is 0.375 e. The molecule has 9 heteroatoms. The van der Waals surface area contributed by atoms with Gasteiger partial charge in [0.2, 0.25) is 0 Å². The summed E-state index contributed by atoms with van der Waals surface area (Å²) in [5, 5.41) is 9.75. The highest BCUT2D eigenvalue weighted by molar-refractivity contribution is 7.99. The van der Waals surface area contributed by atoms with Gasteiger partial charge in [-0.15, -0.1) is 0 Å². The monoisotopic (exact) mass is 638 g/mol. The number of rotatable bonds is 12. The smallest absolute Gasteiger partial charge is 0.375 e. The number of phenols is 1. The van der Waals surface area contributed by atoms with Gasteiger partial charge >= 0.3 is 17.5 Å². The zero-order valence-corrected chi connectivity index (χ0v) is 27.2.